The molecule has 0 N–H and O–H groups in total. The Morgan fingerprint density at radius 2 is 1.56 bits per heavy atom. The van der Waals surface area contributed by atoms with Crippen LogP contribution in [0, 0.1) is 0 Å². The van der Waals surface area contributed by atoms with Gasteiger partial charge in [-0.2, -0.15) is 0 Å². The van der Waals surface area contributed by atoms with Gasteiger partial charge < -0.3 is 0 Å². The number of benzene rings is 1. The van der Waals surface area contributed by atoms with E-state index in [-0.39, 0.29) is 3.58 Å². The molecule has 0 fully saturated rings. The second-order valence-electron chi connectivity index (χ2n) is 1.63. The van der Waals surface area contributed by atoms with Crippen LogP contribution in [-0.2, 0) is 0 Å². The van der Waals surface area contributed by atoms with Crippen molar-refractivity contribution in [1.29, 1.82) is 0 Å². The van der Waals surface area contributed by atoms with Gasteiger partial charge in [0.1, 0.15) is 0 Å². The number of hydrogen-bond donors (Lipinski definition) is 0. The fourth-order valence-corrected chi connectivity index (χ4v) is 1.83. The third-order valence-corrected chi connectivity index (χ3v) is 3.19. The molecule has 0 aromatic heterocycles. The second-order valence-corrected chi connectivity index (χ2v) is 4.76. The Balaban J connectivity index is 2.85. The van der Waals surface area contributed by atoms with Crippen LogP contribution in [0.25, 0.3) is 0 Å². The van der Waals surface area contributed by atoms with Gasteiger partial charge in [-0.25, -0.2) is 0 Å². The Kier molecular flexibility index (Phi) is 2.45. The van der Waals surface area contributed by atoms with Crippen LogP contribution >= 0.6 is 0 Å². The molecular weight excluding hydrogens is 229 g/mol. The molecule has 0 aliphatic heterocycles. The number of halogens is 2. The van der Waals surface area contributed by atoms with E-state index in [0.717, 1.165) is 0 Å². The molecule has 1 aromatic carbocycles. The average Bonchev–Trinajstić information content (AvgIpc) is 1.90. The Morgan fingerprint density at radius 1 is 1.00 bits per heavy atom. The van der Waals surface area contributed by atoms with Crippen molar-refractivity contribution in [3.63, 3.8) is 0 Å². The van der Waals surface area contributed by atoms with E-state index < -0.39 is 20.9 Å². The zero-order valence-electron chi connectivity index (χ0n) is 4.64. The SMILES string of the molecule is [F][Sn-]([F])[c]1ccccc1. The maximum absolute atomic E-state index is 12.0. The van der Waals surface area contributed by atoms with Crippen LogP contribution in [0.1, 0.15) is 0 Å². The van der Waals surface area contributed by atoms with E-state index >= 15 is 0 Å². The molecule has 0 spiro atoms. The Bertz CT molecular complexity index is 174. The molecule has 0 nitrogen and oxygen atoms in total. The molecule has 9 heavy (non-hydrogen) atoms. The molecule has 1 aromatic rings. The summed E-state index contributed by atoms with van der Waals surface area (Å²) >= 11 is -4.02. The fraction of sp³-hybridized carbons (Fsp3) is 0. The average molecular weight is 234 g/mol. The summed E-state index contributed by atoms with van der Waals surface area (Å²) in [7, 11) is 0. The minimum atomic E-state index is -4.02. The van der Waals surface area contributed by atoms with Crippen molar-refractivity contribution in [1.82, 2.24) is 0 Å². The van der Waals surface area contributed by atoms with Crippen molar-refractivity contribution in [2.45, 2.75) is 0 Å². The molecule has 0 bridgehead atoms. The van der Waals surface area contributed by atoms with Crippen LogP contribution in [0.5, 0.6) is 0 Å². The second kappa shape index (κ2) is 3.15. The van der Waals surface area contributed by atoms with Crippen molar-refractivity contribution >= 4 is 24.5 Å². The summed E-state index contributed by atoms with van der Waals surface area (Å²) in [6, 6.07) is 8.03. The minimum absolute atomic E-state index is 0.278. The van der Waals surface area contributed by atoms with E-state index in [4.69, 9.17) is 0 Å². The molecule has 0 radical (unpaired) electrons. The Hall–Kier alpha value is -0.121. The summed E-state index contributed by atoms with van der Waals surface area (Å²) in [5.74, 6) is 0. The third kappa shape index (κ3) is 1.93. The van der Waals surface area contributed by atoms with E-state index in [1.807, 2.05) is 0 Å². The number of hydrogen-bond acceptors (Lipinski definition) is 0. The molecular formula is C6H5F2Sn-. The van der Waals surface area contributed by atoms with Gasteiger partial charge in [0, 0.05) is 0 Å². The molecule has 0 amide bonds. The van der Waals surface area contributed by atoms with E-state index in [1.165, 1.54) is 12.1 Å². The predicted octanol–water partition coefficient (Wildman–Crippen LogP) is 1.32. The molecule has 0 saturated carbocycles. The van der Waals surface area contributed by atoms with E-state index in [9.17, 15) is 5.73 Å². The van der Waals surface area contributed by atoms with Crippen molar-refractivity contribution in [3.8, 4) is 0 Å². The summed E-state index contributed by atoms with van der Waals surface area (Å²) in [5.41, 5.74) is 0. The van der Waals surface area contributed by atoms with Crippen molar-refractivity contribution in [3.05, 3.63) is 30.3 Å². The van der Waals surface area contributed by atoms with Crippen LogP contribution in [0.3, 0.4) is 0 Å². The molecule has 0 saturated heterocycles. The van der Waals surface area contributed by atoms with Crippen LogP contribution in [0.2, 0.25) is 0 Å². The Morgan fingerprint density at radius 3 is 1.89 bits per heavy atom. The van der Waals surface area contributed by atoms with Crippen molar-refractivity contribution in [2.24, 2.45) is 0 Å². The Labute approximate surface area is 60.8 Å². The fourth-order valence-electron chi connectivity index (χ4n) is 0.564. The molecule has 0 heterocycles. The van der Waals surface area contributed by atoms with Crippen molar-refractivity contribution in [2.75, 3.05) is 0 Å². The zero-order chi connectivity index (χ0) is 6.69. The summed E-state index contributed by atoms with van der Waals surface area (Å²) in [5, 5.41) is 0. The first-order valence-corrected chi connectivity index (χ1v) is 6.12. The van der Waals surface area contributed by atoms with E-state index in [2.05, 4.69) is 0 Å². The molecule has 0 aliphatic carbocycles. The van der Waals surface area contributed by atoms with E-state index in [0.29, 0.717) is 0 Å². The van der Waals surface area contributed by atoms with Gasteiger partial charge >= 0.3 is 60.5 Å². The molecule has 0 unspecified atom stereocenters. The quantitative estimate of drug-likeness (QED) is 0.642. The van der Waals surface area contributed by atoms with Crippen LogP contribution < -0.4 is 3.58 Å². The van der Waals surface area contributed by atoms with Crippen LogP contribution in [0.15, 0.2) is 30.3 Å². The van der Waals surface area contributed by atoms with E-state index in [1.54, 1.807) is 18.2 Å². The first kappa shape index (κ1) is 6.99. The van der Waals surface area contributed by atoms with Gasteiger partial charge in [-0.1, -0.05) is 0 Å². The number of rotatable bonds is 1. The van der Waals surface area contributed by atoms with Crippen molar-refractivity contribution < 1.29 is 5.73 Å². The zero-order valence-corrected chi connectivity index (χ0v) is 7.50. The topological polar surface area (TPSA) is 0 Å². The third-order valence-electron chi connectivity index (χ3n) is 0.992. The normalized spacial score (nSPS) is 9.11. The van der Waals surface area contributed by atoms with Gasteiger partial charge in [-0.05, 0) is 0 Å². The van der Waals surface area contributed by atoms with Gasteiger partial charge in [-0.3, -0.25) is 0 Å². The van der Waals surface area contributed by atoms with Gasteiger partial charge in [0.05, 0.1) is 0 Å². The molecule has 1 rings (SSSR count). The predicted molar refractivity (Wildman–Crippen MR) is 34.0 cm³/mol. The first-order chi connectivity index (χ1) is 4.30. The molecule has 0 aliphatic rings. The summed E-state index contributed by atoms with van der Waals surface area (Å²) < 4.78 is 24.2. The maximum atomic E-state index is 12.0. The summed E-state index contributed by atoms with van der Waals surface area (Å²) in [4.78, 5) is 0. The molecule has 48 valence electrons. The van der Waals surface area contributed by atoms with Crippen LogP contribution in [0.4, 0.5) is 5.73 Å². The molecule has 3 heteroatoms. The summed E-state index contributed by atoms with van der Waals surface area (Å²) in [6.45, 7) is 0. The monoisotopic (exact) mass is 235 g/mol. The van der Waals surface area contributed by atoms with Gasteiger partial charge in [0.2, 0.25) is 0 Å². The van der Waals surface area contributed by atoms with Gasteiger partial charge in [-0.15, -0.1) is 0 Å². The molecule has 0 atom stereocenters. The first-order valence-electron chi connectivity index (χ1n) is 2.54. The van der Waals surface area contributed by atoms with Crippen LogP contribution in [-0.4, -0.2) is 20.9 Å². The van der Waals surface area contributed by atoms with Gasteiger partial charge in [0.15, 0.2) is 0 Å². The standard InChI is InChI=1S/C6H5.2FH.Sn/c1-2-4-6-5-3-1;;;/h1-5H;2*1H;/q;;;+1/p-2. The van der Waals surface area contributed by atoms with Gasteiger partial charge in [0.25, 0.3) is 0 Å². The summed E-state index contributed by atoms with van der Waals surface area (Å²) in [6.07, 6.45) is 0.